The highest BCUT2D eigenvalue weighted by Crippen LogP contribution is 2.26. The average Bonchev–Trinajstić information content (AvgIpc) is 2.99. The molecule has 0 saturated heterocycles. The quantitative estimate of drug-likeness (QED) is 0.532. The van der Waals surface area contributed by atoms with E-state index in [4.69, 9.17) is 4.98 Å². The molecule has 4 aromatic rings. The fraction of sp³-hybridized carbons (Fsp3) is 0.227. The molecular weight excluding hydrogens is 292 g/mol. The van der Waals surface area contributed by atoms with E-state index in [0.29, 0.717) is 0 Å². The first-order valence-electron chi connectivity index (χ1n) is 8.60. The molecule has 0 aliphatic rings. The second-order valence-electron chi connectivity index (χ2n) is 6.66. The number of nitrogens with zero attached hydrogens (tertiary/aromatic N) is 1. The molecular formula is C22H22N2. The van der Waals surface area contributed by atoms with Gasteiger partial charge in [-0.25, -0.2) is 4.98 Å². The number of hydrogen-bond donors (Lipinski definition) is 1. The lowest BCUT2D eigenvalue weighted by Gasteiger charge is -2.09. The van der Waals surface area contributed by atoms with Crippen molar-refractivity contribution in [3.05, 3.63) is 76.6 Å². The zero-order chi connectivity index (χ0) is 16.7. The maximum absolute atomic E-state index is 4.77. The van der Waals surface area contributed by atoms with Crippen LogP contribution in [0.3, 0.4) is 0 Å². The Morgan fingerprint density at radius 2 is 1.79 bits per heavy atom. The molecule has 0 saturated carbocycles. The molecule has 2 nitrogen and oxygen atoms in total. The van der Waals surface area contributed by atoms with Crippen LogP contribution in [0.4, 0.5) is 0 Å². The number of H-pyrrole nitrogens is 1. The molecule has 0 bridgehead atoms. The van der Waals surface area contributed by atoms with Gasteiger partial charge < -0.3 is 4.98 Å². The molecule has 1 aromatic heterocycles. The second kappa shape index (κ2) is 5.79. The predicted molar refractivity (Wildman–Crippen MR) is 102 cm³/mol. The second-order valence-corrected chi connectivity index (χ2v) is 6.66. The summed E-state index contributed by atoms with van der Waals surface area (Å²) < 4.78 is 0. The van der Waals surface area contributed by atoms with E-state index in [-0.39, 0.29) is 0 Å². The summed E-state index contributed by atoms with van der Waals surface area (Å²) in [5.41, 5.74) is 7.48. The fourth-order valence-electron chi connectivity index (χ4n) is 3.42. The van der Waals surface area contributed by atoms with Gasteiger partial charge >= 0.3 is 0 Å². The van der Waals surface area contributed by atoms with E-state index in [0.717, 1.165) is 29.7 Å². The summed E-state index contributed by atoms with van der Waals surface area (Å²) in [6.45, 7) is 6.51. The molecule has 2 heteroatoms. The summed E-state index contributed by atoms with van der Waals surface area (Å²) in [5, 5.41) is 2.67. The molecule has 0 fully saturated rings. The first-order chi connectivity index (χ1) is 11.6. The van der Waals surface area contributed by atoms with Gasteiger partial charge in [-0.2, -0.15) is 0 Å². The van der Waals surface area contributed by atoms with Gasteiger partial charge in [0.2, 0.25) is 0 Å². The van der Waals surface area contributed by atoms with Gasteiger partial charge in [0.1, 0.15) is 5.82 Å². The molecule has 0 amide bonds. The molecule has 120 valence electrons. The first kappa shape index (κ1) is 14.9. The van der Waals surface area contributed by atoms with Crippen molar-refractivity contribution in [1.82, 2.24) is 9.97 Å². The SMILES string of the molecule is CCc1ccc2nc(Cc3ccc(C)c4cc(C)ccc34)[nH]c2c1. The third-order valence-corrected chi connectivity index (χ3v) is 4.84. The average molecular weight is 314 g/mol. The molecule has 1 N–H and O–H groups in total. The highest BCUT2D eigenvalue weighted by Gasteiger charge is 2.08. The van der Waals surface area contributed by atoms with Crippen LogP contribution >= 0.6 is 0 Å². The number of aryl methyl sites for hydroxylation is 3. The molecule has 0 aliphatic heterocycles. The molecule has 4 rings (SSSR count). The number of nitrogens with one attached hydrogen (secondary N) is 1. The van der Waals surface area contributed by atoms with Gasteiger partial charge in [-0.3, -0.25) is 0 Å². The largest absolute Gasteiger partial charge is 0.342 e. The minimum absolute atomic E-state index is 0.829. The van der Waals surface area contributed by atoms with Crippen LogP contribution < -0.4 is 0 Å². The van der Waals surface area contributed by atoms with Crippen molar-refractivity contribution >= 4 is 21.8 Å². The van der Waals surface area contributed by atoms with Crippen molar-refractivity contribution in [1.29, 1.82) is 0 Å². The molecule has 0 aliphatic carbocycles. The Hall–Kier alpha value is -2.61. The lowest BCUT2D eigenvalue weighted by atomic mass is 9.97. The smallest absolute Gasteiger partial charge is 0.111 e. The highest BCUT2D eigenvalue weighted by atomic mass is 14.9. The van der Waals surface area contributed by atoms with Gasteiger partial charge in [0.15, 0.2) is 0 Å². The number of hydrogen-bond acceptors (Lipinski definition) is 1. The van der Waals surface area contributed by atoms with Gasteiger partial charge in [0.05, 0.1) is 11.0 Å². The van der Waals surface area contributed by atoms with Gasteiger partial charge in [-0.15, -0.1) is 0 Å². The molecule has 0 unspecified atom stereocenters. The zero-order valence-electron chi connectivity index (χ0n) is 14.5. The summed E-state index contributed by atoms with van der Waals surface area (Å²) in [7, 11) is 0. The van der Waals surface area contributed by atoms with Gasteiger partial charge in [-0.05, 0) is 59.9 Å². The van der Waals surface area contributed by atoms with Crippen LogP contribution in [0.5, 0.6) is 0 Å². The number of imidazole rings is 1. The lowest BCUT2D eigenvalue weighted by molar-refractivity contribution is 1.05. The number of aromatic amines is 1. The summed E-state index contributed by atoms with van der Waals surface area (Å²) in [6, 6.07) is 17.7. The van der Waals surface area contributed by atoms with Crippen molar-refractivity contribution in [3.8, 4) is 0 Å². The standard InChI is InChI=1S/C22H22N2/c1-4-16-7-10-20-21(12-16)24-22(23-20)13-17-8-6-15(3)19-11-14(2)5-9-18(17)19/h5-12H,4,13H2,1-3H3,(H,23,24). The summed E-state index contributed by atoms with van der Waals surface area (Å²) in [4.78, 5) is 8.27. The molecule has 0 radical (unpaired) electrons. The minimum atomic E-state index is 0.829. The molecule has 24 heavy (non-hydrogen) atoms. The van der Waals surface area contributed by atoms with Crippen LogP contribution in [0.15, 0.2) is 48.5 Å². The summed E-state index contributed by atoms with van der Waals surface area (Å²) in [6.07, 6.45) is 1.88. The Labute approximate surface area is 142 Å². The number of fused-ring (bicyclic) bond motifs is 2. The molecule has 0 spiro atoms. The van der Waals surface area contributed by atoms with Crippen LogP contribution in [-0.4, -0.2) is 9.97 Å². The molecule has 3 aromatic carbocycles. The van der Waals surface area contributed by atoms with Crippen molar-refractivity contribution < 1.29 is 0 Å². The molecule has 0 atom stereocenters. The first-order valence-corrected chi connectivity index (χ1v) is 8.60. The third kappa shape index (κ3) is 2.58. The van der Waals surface area contributed by atoms with Crippen LogP contribution in [0.25, 0.3) is 21.8 Å². The third-order valence-electron chi connectivity index (χ3n) is 4.84. The van der Waals surface area contributed by atoms with Crippen molar-refractivity contribution in [2.75, 3.05) is 0 Å². The predicted octanol–water partition coefficient (Wildman–Crippen LogP) is 5.49. The Balaban J connectivity index is 1.78. The highest BCUT2D eigenvalue weighted by molar-refractivity contribution is 5.89. The normalized spacial score (nSPS) is 11.5. The van der Waals surface area contributed by atoms with E-state index >= 15 is 0 Å². The fourth-order valence-corrected chi connectivity index (χ4v) is 3.42. The van der Waals surface area contributed by atoms with E-state index in [1.54, 1.807) is 0 Å². The van der Waals surface area contributed by atoms with Crippen molar-refractivity contribution in [2.24, 2.45) is 0 Å². The number of rotatable bonds is 3. The van der Waals surface area contributed by atoms with Crippen molar-refractivity contribution in [2.45, 2.75) is 33.6 Å². The van der Waals surface area contributed by atoms with Gasteiger partial charge in [0.25, 0.3) is 0 Å². The summed E-state index contributed by atoms with van der Waals surface area (Å²) >= 11 is 0. The lowest BCUT2D eigenvalue weighted by Crippen LogP contribution is -1.93. The maximum Gasteiger partial charge on any atom is 0.111 e. The monoisotopic (exact) mass is 314 g/mol. The minimum Gasteiger partial charge on any atom is -0.342 e. The van der Waals surface area contributed by atoms with Gasteiger partial charge in [-0.1, -0.05) is 48.9 Å². The topological polar surface area (TPSA) is 28.7 Å². The van der Waals surface area contributed by atoms with Crippen LogP contribution in [-0.2, 0) is 12.8 Å². The van der Waals surface area contributed by atoms with Gasteiger partial charge in [0, 0.05) is 6.42 Å². The zero-order valence-corrected chi connectivity index (χ0v) is 14.5. The van der Waals surface area contributed by atoms with Crippen LogP contribution in [0.1, 0.15) is 35.0 Å². The Bertz CT molecular complexity index is 1040. The Morgan fingerprint density at radius 1 is 0.917 bits per heavy atom. The Kier molecular flexibility index (Phi) is 3.61. The Morgan fingerprint density at radius 3 is 2.62 bits per heavy atom. The van der Waals surface area contributed by atoms with E-state index in [1.165, 1.54) is 33.0 Å². The summed E-state index contributed by atoms with van der Waals surface area (Å²) in [5.74, 6) is 1.03. The maximum atomic E-state index is 4.77. The van der Waals surface area contributed by atoms with E-state index in [2.05, 4.69) is 74.3 Å². The van der Waals surface area contributed by atoms with Crippen LogP contribution in [0, 0.1) is 13.8 Å². The van der Waals surface area contributed by atoms with E-state index in [9.17, 15) is 0 Å². The molecule has 1 heterocycles. The van der Waals surface area contributed by atoms with Crippen molar-refractivity contribution in [3.63, 3.8) is 0 Å². The van der Waals surface area contributed by atoms with Crippen LogP contribution in [0.2, 0.25) is 0 Å². The number of benzene rings is 3. The number of aromatic nitrogens is 2. The van der Waals surface area contributed by atoms with E-state index < -0.39 is 0 Å². The van der Waals surface area contributed by atoms with E-state index in [1.807, 2.05) is 0 Å².